The molecule has 4 rings (SSSR count). The Morgan fingerprint density at radius 1 is 0.839 bits per heavy atom. The summed E-state index contributed by atoms with van der Waals surface area (Å²) in [4.78, 5) is 0. The topological polar surface area (TPSA) is 44.3 Å². The number of hydrogen-bond acceptors (Lipinski definition) is 2. The molecule has 0 aliphatic heterocycles. The summed E-state index contributed by atoms with van der Waals surface area (Å²) < 4.78 is 0. The van der Waals surface area contributed by atoms with Crippen LogP contribution in [0.2, 0.25) is 15.1 Å². The fourth-order valence-electron chi connectivity index (χ4n) is 3.50. The first-order valence-corrected chi connectivity index (χ1v) is 11.0. The third kappa shape index (κ3) is 4.73. The molecular weight excluding hydrogens is 471 g/mol. The second-order valence-corrected chi connectivity index (χ2v) is 8.57. The molecule has 0 heterocycles. The van der Waals surface area contributed by atoms with Crippen LogP contribution in [0.15, 0.2) is 78.9 Å². The Labute approximate surface area is 200 Å². The van der Waals surface area contributed by atoms with Gasteiger partial charge in [-0.05, 0) is 46.8 Å². The summed E-state index contributed by atoms with van der Waals surface area (Å²) in [6, 6.07) is 24.0. The highest BCUT2D eigenvalue weighted by Crippen LogP contribution is 2.37. The van der Waals surface area contributed by atoms with Crippen molar-refractivity contribution in [2.24, 2.45) is 0 Å². The molecule has 4 aromatic carbocycles. The van der Waals surface area contributed by atoms with E-state index in [2.05, 4.69) is 10.6 Å². The molecule has 0 aliphatic carbocycles. The Bertz CT molecular complexity index is 1240. The minimum Gasteiger partial charge on any atom is -0.508 e. The van der Waals surface area contributed by atoms with Gasteiger partial charge in [0, 0.05) is 10.6 Å². The number of aromatic hydroxyl groups is 1. The van der Waals surface area contributed by atoms with Gasteiger partial charge in [-0.2, -0.15) is 0 Å². The van der Waals surface area contributed by atoms with E-state index in [1.165, 1.54) is 0 Å². The average Bonchev–Trinajstić information content (AvgIpc) is 2.75. The lowest BCUT2D eigenvalue weighted by Crippen LogP contribution is -2.33. The normalized spacial score (nSPS) is 11.8. The summed E-state index contributed by atoms with van der Waals surface area (Å²) in [7, 11) is 0. The predicted molar refractivity (Wildman–Crippen MR) is 135 cm³/mol. The Hall–Kier alpha value is -2.50. The van der Waals surface area contributed by atoms with E-state index in [4.69, 9.17) is 47.0 Å². The summed E-state index contributed by atoms with van der Waals surface area (Å²) in [5, 5.41) is 20.5. The first-order chi connectivity index (χ1) is 14.9. The monoisotopic (exact) mass is 486 g/mol. The Kier molecular flexibility index (Phi) is 6.54. The first-order valence-electron chi connectivity index (χ1n) is 9.41. The van der Waals surface area contributed by atoms with E-state index in [0.717, 1.165) is 21.9 Å². The SMILES string of the molecule is Oc1ccc2ccccc2c1[C@H](NC(=S)Nc1c(Cl)cc(Cl)cc1Cl)c1ccccc1. The fraction of sp³-hybridized carbons (Fsp3) is 0.0417. The summed E-state index contributed by atoms with van der Waals surface area (Å²) in [6.45, 7) is 0. The quantitative estimate of drug-likeness (QED) is 0.260. The van der Waals surface area contributed by atoms with Crippen molar-refractivity contribution < 1.29 is 5.11 Å². The van der Waals surface area contributed by atoms with E-state index in [-0.39, 0.29) is 5.75 Å². The summed E-state index contributed by atoms with van der Waals surface area (Å²) in [6.07, 6.45) is 0. The van der Waals surface area contributed by atoms with Gasteiger partial charge in [0.05, 0.1) is 21.8 Å². The van der Waals surface area contributed by atoms with Gasteiger partial charge in [0.2, 0.25) is 0 Å². The van der Waals surface area contributed by atoms with Crippen molar-refractivity contribution in [3.8, 4) is 5.75 Å². The molecule has 0 radical (unpaired) electrons. The number of anilines is 1. The minimum absolute atomic E-state index is 0.172. The Balaban J connectivity index is 1.75. The molecule has 0 unspecified atom stereocenters. The molecule has 31 heavy (non-hydrogen) atoms. The van der Waals surface area contributed by atoms with Crippen molar-refractivity contribution >= 4 is 68.6 Å². The molecule has 0 fully saturated rings. The molecule has 0 aliphatic rings. The van der Waals surface area contributed by atoms with Crippen molar-refractivity contribution in [2.45, 2.75) is 6.04 Å². The molecule has 3 N–H and O–H groups in total. The van der Waals surface area contributed by atoms with Gasteiger partial charge in [-0.15, -0.1) is 0 Å². The highest BCUT2D eigenvalue weighted by molar-refractivity contribution is 7.80. The molecule has 4 aromatic rings. The van der Waals surface area contributed by atoms with E-state index in [1.807, 2.05) is 60.7 Å². The predicted octanol–water partition coefficient (Wildman–Crippen LogP) is 7.58. The standard InChI is InChI=1S/C24H17Cl3N2OS/c25-16-12-18(26)23(19(27)13-16)29-24(31)28-22(15-7-2-1-3-8-15)21-17-9-5-4-6-14(17)10-11-20(21)30/h1-13,22,30H,(H2,28,29,31)/t22-/m1/s1. The molecule has 3 nitrogen and oxygen atoms in total. The van der Waals surface area contributed by atoms with Crippen molar-refractivity contribution in [3.05, 3.63) is 105 Å². The van der Waals surface area contributed by atoms with Crippen LogP contribution in [-0.2, 0) is 0 Å². The highest BCUT2D eigenvalue weighted by atomic mass is 35.5. The Morgan fingerprint density at radius 2 is 1.48 bits per heavy atom. The van der Waals surface area contributed by atoms with Crippen LogP contribution < -0.4 is 10.6 Å². The third-order valence-corrected chi connectivity index (χ3v) is 5.92. The van der Waals surface area contributed by atoms with Crippen LogP contribution in [-0.4, -0.2) is 10.2 Å². The molecule has 0 bridgehead atoms. The van der Waals surface area contributed by atoms with Crippen molar-refractivity contribution in [1.82, 2.24) is 5.32 Å². The largest absolute Gasteiger partial charge is 0.508 e. The van der Waals surface area contributed by atoms with Gasteiger partial charge in [-0.25, -0.2) is 0 Å². The number of rotatable bonds is 4. The molecule has 1 atom stereocenters. The zero-order valence-electron chi connectivity index (χ0n) is 16.1. The van der Waals surface area contributed by atoms with Crippen molar-refractivity contribution in [2.75, 3.05) is 5.32 Å². The Morgan fingerprint density at radius 3 is 2.19 bits per heavy atom. The maximum Gasteiger partial charge on any atom is 0.171 e. The van der Waals surface area contributed by atoms with E-state index in [1.54, 1.807) is 18.2 Å². The van der Waals surface area contributed by atoms with E-state index < -0.39 is 6.04 Å². The van der Waals surface area contributed by atoms with E-state index in [0.29, 0.717) is 25.9 Å². The minimum atomic E-state index is -0.419. The van der Waals surface area contributed by atoms with Crippen LogP contribution in [0.5, 0.6) is 5.75 Å². The van der Waals surface area contributed by atoms with Crippen molar-refractivity contribution in [1.29, 1.82) is 0 Å². The lowest BCUT2D eigenvalue weighted by Gasteiger charge is -2.24. The zero-order valence-corrected chi connectivity index (χ0v) is 19.2. The van der Waals surface area contributed by atoms with Crippen molar-refractivity contribution in [3.63, 3.8) is 0 Å². The number of phenols is 1. The smallest absolute Gasteiger partial charge is 0.171 e. The summed E-state index contributed by atoms with van der Waals surface area (Å²) in [5.41, 5.74) is 2.12. The molecule has 0 aromatic heterocycles. The highest BCUT2D eigenvalue weighted by Gasteiger charge is 2.22. The molecule has 0 spiro atoms. The number of hydrogen-bond donors (Lipinski definition) is 3. The van der Waals surface area contributed by atoms with Gasteiger partial charge in [-0.1, -0.05) is 95.5 Å². The molecule has 0 saturated carbocycles. The summed E-state index contributed by atoms with van der Waals surface area (Å²) in [5.74, 6) is 0.172. The molecular formula is C24H17Cl3N2OS. The van der Waals surface area contributed by atoms with Crippen LogP contribution in [0.4, 0.5) is 5.69 Å². The van der Waals surface area contributed by atoms with Crippen LogP contribution in [0.3, 0.4) is 0 Å². The lowest BCUT2D eigenvalue weighted by atomic mass is 9.93. The van der Waals surface area contributed by atoms with Crippen LogP contribution in [0.1, 0.15) is 17.2 Å². The molecule has 7 heteroatoms. The second kappa shape index (κ2) is 9.33. The number of thiocarbonyl (C=S) groups is 1. The van der Waals surface area contributed by atoms with Gasteiger partial charge in [0.25, 0.3) is 0 Å². The van der Waals surface area contributed by atoms with E-state index >= 15 is 0 Å². The van der Waals surface area contributed by atoms with E-state index in [9.17, 15) is 5.11 Å². The summed E-state index contributed by atoms with van der Waals surface area (Å²) >= 11 is 24.2. The molecule has 0 saturated heterocycles. The van der Waals surface area contributed by atoms with Gasteiger partial charge in [0.1, 0.15) is 5.75 Å². The van der Waals surface area contributed by atoms with Gasteiger partial charge in [-0.3, -0.25) is 0 Å². The fourth-order valence-corrected chi connectivity index (χ4v) is 4.63. The van der Waals surface area contributed by atoms with Crippen LogP contribution in [0, 0.1) is 0 Å². The molecule has 0 amide bonds. The number of halogens is 3. The number of phenolic OH excluding ortho intramolecular Hbond substituents is 1. The van der Waals surface area contributed by atoms with Gasteiger partial charge in [0.15, 0.2) is 5.11 Å². The number of fused-ring (bicyclic) bond motifs is 1. The third-order valence-electron chi connectivity index (χ3n) is 4.89. The lowest BCUT2D eigenvalue weighted by molar-refractivity contribution is 0.464. The molecule has 156 valence electrons. The van der Waals surface area contributed by atoms with Gasteiger partial charge >= 0.3 is 0 Å². The van der Waals surface area contributed by atoms with Gasteiger partial charge < -0.3 is 15.7 Å². The first kappa shape index (κ1) is 21.7. The number of nitrogens with one attached hydrogen (secondary N) is 2. The maximum absolute atomic E-state index is 10.8. The average molecular weight is 488 g/mol. The van der Waals surface area contributed by atoms with Crippen LogP contribution in [0.25, 0.3) is 10.8 Å². The van der Waals surface area contributed by atoms with Crippen LogP contribution >= 0.6 is 47.0 Å². The second-order valence-electron chi connectivity index (χ2n) is 6.91. The zero-order chi connectivity index (χ0) is 22.0. The maximum atomic E-state index is 10.8. The number of benzene rings is 4.